The Morgan fingerprint density at radius 1 is 0.976 bits per heavy atom. The maximum atomic E-state index is 14.5. The molecule has 2 aromatic heterocycles. The van der Waals surface area contributed by atoms with Gasteiger partial charge in [-0.15, -0.1) is 0 Å². The molecule has 0 atom stereocenters. The average Bonchev–Trinajstić information content (AvgIpc) is 3.45. The minimum absolute atomic E-state index is 0.125. The van der Waals surface area contributed by atoms with Crippen LogP contribution in [0.4, 0.5) is 20.7 Å². The third-order valence-corrected chi connectivity index (χ3v) is 8.17. The van der Waals surface area contributed by atoms with Crippen molar-refractivity contribution in [2.24, 2.45) is 0 Å². The number of hydrogen-bond donors (Lipinski definition) is 1. The Kier molecular flexibility index (Phi) is 9.22. The van der Waals surface area contributed by atoms with Crippen molar-refractivity contribution < 1.29 is 23.0 Å². The Morgan fingerprint density at radius 3 is 2.40 bits per heavy atom. The first kappa shape index (κ1) is 28.9. The van der Waals surface area contributed by atoms with E-state index in [1.165, 1.54) is 11.7 Å². The number of nitrogens with zero attached hydrogens (tertiary/aromatic N) is 8. The van der Waals surface area contributed by atoms with E-state index in [0.29, 0.717) is 55.0 Å². The lowest BCUT2D eigenvalue weighted by atomic mass is 10.0. The maximum absolute atomic E-state index is 14.5. The quantitative estimate of drug-likeness (QED) is 0.378. The summed E-state index contributed by atoms with van der Waals surface area (Å²) in [7, 11) is 1.50. The van der Waals surface area contributed by atoms with Gasteiger partial charge < -0.3 is 29.3 Å². The molecule has 0 spiro atoms. The molecule has 3 fully saturated rings. The lowest BCUT2D eigenvalue weighted by Crippen LogP contribution is -2.46. The van der Waals surface area contributed by atoms with Crippen LogP contribution in [-0.2, 0) is 9.47 Å². The molecule has 0 saturated carbocycles. The van der Waals surface area contributed by atoms with Gasteiger partial charge in [0, 0.05) is 45.3 Å². The van der Waals surface area contributed by atoms with Crippen molar-refractivity contribution in [1.29, 1.82) is 0 Å². The monoisotopic (exact) mass is 587 g/mol. The van der Waals surface area contributed by atoms with E-state index in [9.17, 15) is 8.78 Å². The molecule has 0 unspecified atom stereocenters. The van der Waals surface area contributed by atoms with Crippen molar-refractivity contribution in [3.63, 3.8) is 0 Å². The van der Waals surface area contributed by atoms with Crippen molar-refractivity contribution in [1.82, 2.24) is 34.7 Å². The van der Waals surface area contributed by atoms with Crippen LogP contribution in [0.1, 0.15) is 31.5 Å². The lowest BCUT2D eigenvalue weighted by molar-refractivity contribution is 0.0376. The molecule has 228 valence electrons. The number of alkyl halides is 2. The number of methoxy groups -OCH3 is 1. The molecule has 3 aliphatic heterocycles. The number of para-hydroxylation sites is 1. The molecule has 3 aliphatic rings. The van der Waals surface area contributed by atoms with E-state index in [0.717, 1.165) is 71.7 Å². The van der Waals surface area contributed by atoms with Gasteiger partial charge in [-0.1, -0.05) is 6.07 Å². The number of imidazole rings is 1. The topological polar surface area (TPSA) is 106 Å². The first-order valence-electron chi connectivity index (χ1n) is 14.8. The highest BCUT2D eigenvalue weighted by atomic mass is 19.3. The van der Waals surface area contributed by atoms with Crippen molar-refractivity contribution in [3.8, 4) is 11.7 Å². The van der Waals surface area contributed by atoms with Crippen LogP contribution in [0.25, 0.3) is 17.0 Å². The SMILES string of the molecule is COc1cccc2c1nc(C(F)F)n2-c1nc(N2CCOCC2)nc(N(CCCN2CCOCC2)C2CCNCC2)n1. The second-order valence-electron chi connectivity index (χ2n) is 10.8. The molecule has 1 aromatic carbocycles. The summed E-state index contributed by atoms with van der Waals surface area (Å²) in [5.41, 5.74) is 0.793. The third kappa shape index (κ3) is 6.26. The Bertz CT molecular complexity index is 1330. The number of anilines is 2. The molecule has 0 bridgehead atoms. The molecular weight excluding hydrogens is 548 g/mol. The van der Waals surface area contributed by atoms with E-state index in [1.54, 1.807) is 18.2 Å². The summed E-state index contributed by atoms with van der Waals surface area (Å²) >= 11 is 0. The van der Waals surface area contributed by atoms with Gasteiger partial charge in [0.1, 0.15) is 11.3 Å². The summed E-state index contributed by atoms with van der Waals surface area (Å²) in [5.74, 6) is 1.06. The number of hydrogen-bond acceptors (Lipinski definition) is 11. The normalized spacial score (nSPS) is 19.1. The van der Waals surface area contributed by atoms with Gasteiger partial charge in [-0.05, 0) is 44.5 Å². The molecule has 0 amide bonds. The number of morpholine rings is 2. The number of ether oxygens (including phenoxy) is 3. The second-order valence-corrected chi connectivity index (χ2v) is 10.8. The summed E-state index contributed by atoms with van der Waals surface area (Å²) in [6.07, 6.45) is -0.0355. The molecule has 0 aliphatic carbocycles. The minimum Gasteiger partial charge on any atom is -0.494 e. The smallest absolute Gasteiger partial charge is 0.296 e. The number of benzene rings is 1. The summed E-state index contributed by atoms with van der Waals surface area (Å²) in [5, 5.41) is 3.44. The highest BCUT2D eigenvalue weighted by Gasteiger charge is 2.29. The second kappa shape index (κ2) is 13.4. The summed E-state index contributed by atoms with van der Waals surface area (Å²) < 4.78 is 46.8. The van der Waals surface area contributed by atoms with Gasteiger partial charge in [-0.3, -0.25) is 9.47 Å². The van der Waals surface area contributed by atoms with Crippen LogP contribution in [0.5, 0.6) is 5.75 Å². The number of piperidine rings is 1. The molecule has 42 heavy (non-hydrogen) atoms. The fourth-order valence-corrected chi connectivity index (χ4v) is 5.94. The van der Waals surface area contributed by atoms with E-state index in [4.69, 9.17) is 29.2 Å². The number of fused-ring (bicyclic) bond motifs is 1. The van der Waals surface area contributed by atoms with Gasteiger partial charge in [-0.2, -0.15) is 15.0 Å². The summed E-state index contributed by atoms with van der Waals surface area (Å²) in [6, 6.07) is 5.42. The van der Waals surface area contributed by atoms with Crippen molar-refractivity contribution >= 4 is 22.9 Å². The van der Waals surface area contributed by atoms with E-state index in [-0.39, 0.29) is 12.0 Å². The van der Waals surface area contributed by atoms with E-state index < -0.39 is 12.2 Å². The van der Waals surface area contributed by atoms with Gasteiger partial charge in [0.15, 0.2) is 5.82 Å². The van der Waals surface area contributed by atoms with Crippen molar-refractivity contribution in [2.75, 3.05) is 95.7 Å². The van der Waals surface area contributed by atoms with E-state index in [2.05, 4.69) is 20.1 Å². The molecule has 5 heterocycles. The standard InChI is InChI=1S/C28H39F2N9O3/c1-40-22-5-2-4-21-23(22)32-25(24(29)30)39(21)28-34-26(37-14-18-42-19-15-37)33-27(35-28)38(20-6-8-31-9-7-20)11-3-10-36-12-16-41-17-13-36/h2,4-5,20,24,31H,3,6-19H2,1H3. The molecule has 0 radical (unpaired) electrons. The summed E-state index contributed by atoms with van der Waals surface area (Å²) in [4.78, 5) is 25.6. The molecule has 6 rings (SSSR count). The predicted octanol–water partition coefficient (Wildman–Crippen LogP) is 2.27. The molecule has 1 N–H and O–H groups in total. The van der Waals surface area contributed by atoms with Crippen LogP contribution in [0, 0.1) is 0 Å². The zero-order valence-electron chi connectivity index (χ0n) is 24.1. The highest BCUT2D eigenvalue weighted by molar-refractivity contribution is 5.84. The van der Waals surface area contributed by atoms with E-state index in [1.807, 2.05) is 4.90 Å². The Balaban J connectivity index is 1.43. The van der Waals surface area contributed by atoms with Gasteiger partial charge >= 0.3 is 0 Å². The van der Waals surface area contributed by atoms with Crippen molar-refractivity contribution in [2.45, 2.75) is 31.7 Å². The Labute approximate surface area is 244 Å². The number of nitrogens with one attached hydrogen (secondary N) is 1. The van der Waals surface area contributed by atoms with Gasteiger partial charge in [0.2, 0.25) is 17.8 Å². The molecule has 3 aromatic rings. The number of rotatable bonds is 10. The first-order valence-corrected chi connectivity index (χ1v) is 14.8. The van der Waals surface area contributed by atoms with Gasteiger partial charge in [0.25, 0.3) is 6.43 Å². The van der Waals surface area contributed by atoms with Crippen LogP contribution in [0.2, 0.25) is 0 Å². The fraction of sp³-hybridized carbons (Fsp3) is 0.643. The van der Waals surface area contributed by atoms with Crippen LogP contribution >= 0.6 is 0 Å². The lowest BCUT2D eigenvalue weighted by Gasteiger charge is -2.36. The van der Waals surface area contributed by atoms with Crippen LogP contribution in [0.3, 0.4) is 0 Å². The largest absolute Gasteiger partial charge is 0.494 e. The predicted molar refractivity (Wildman–Crippen MR) is 154 cm³/mol. The molecular formula is C28H39F2N9O3. The molecule has 12 nitrogen and oxygen atoms in total. The van der Waals surface area contributed by atoms with Crippen LogP contribution in [-0.4, -0.2) is 121 Å². The van der Waals surface area contributed by atoms with Crippen LogP contribution in [0.15, 0.2) is 18.2 Å². The van der Waals surface area contributed by atoms with E-state index >= 15 is 0 Å². The number of aromatic nitrogens is 5. The minimum atomic E-state index is -2.84. The molecule has 3 saturated heterocycles. The highest BCUT2D eigenvalue weighted by Crippen LogP contribution is 2.33. The average molecular weight is 588 g/mol. The summed E-state index contributed by atoms with van der Waals surface area (Å²) in [6.45, 7) is 9.16. The zero-order chi connectivity index (χ0) is 28.9. The Morgan fingerprint density at radius 2 is 1.69 bits per heavy atom. The first-order chi connectivity index (χ1) is 20.6. The zero-order valence-corrected chi connectivity index (χ0v) is 24.1. The number of halogens is 2. The molecule has 14 heteroatoms. The fourth-order valence-electron chi connectivity index (χ4n) is 5.94. The Hall–Kier alpha value is -3.20. The van der Waals surface area contributed by atoms with Gasteiger partial charge in [0.05, 0.1) is 39.1 Å². The third-order valence-electron chi connectivity index (χ3n) is 8.17. The van der Waals surface area contributed by atoms with Crippen LogP contribution < -0.4 is 19.9 Å². The van der Waals surface area contributed by atoms with Crippen molar-refractivity contribution in [3.05, 3.63) is 24.0 Å². The van der Waals surface area contributed by atoms with Gasteiger partial charge in [-0.25, -0.2) is 13.8 Å². The maximum Gasteiger partial charge on any atom is 0.296 e.